The molecule has 3 aliphatic carbocycles. The number of carbonyl (C=O) groups excluding carboxylic acids is 1. The number of carboxylic acid groups (broad SMARTS) is 1. The van der Waals surface area contributed by atoms with Gasteiger partial charge in [0.15, 0.2) is 0 Å². The van der Waals surface area contributed by atoms with Crippen LogP contribution in [0.4, 0.5) is 0 Å². The molecule has 0 spiro atoms. The summed E-state index contributed by atoms with van der Waals surface area (Å²) in [5.74, 6) is 1.29. The minimum atomic E-state index is -0.837. The van der Waals surface area contributed by atoms with E-state index in [0.717, 1.165) is 44.1 Å². The standard InChI is InChI=1S/C20H24O3/c1-11-9-13(19(22)23)10-12-3-4-14-15(18(11)12)7-8-20(2)16(14)5-6-17(20)21/h9-10,14-16H,3-8H2,1-2H3,(H,22,23)/t14-,15+,16+,20+/m1/s1. The van der Waals surface area contributed by atoms with Crippen LogP contribution in [0.1, 0.15) is 72.0 Å². The van der Waals surface area contributed by atoms with Crippen LogP contribution < -0.4 is 0 Å². The number of fused-ring (bicyclic) bond motifs is 5. The number of aromatic carboxylic acids is 1. The molecule has 1 N–H and O–H groups in total. The normalized spacial score (nSPS) is 35.4. The maximum atomic E-state index is 12.4. The third-order valence-electron chi connectivity index (χ3n) is 6.98. The van der Waals surface area contributed by atoms with Gasteiger partial charge in [0.25, 0.3) is 0 Å². The molecule has 1 aromatic carbocycles. The lowest BCUT2D eigenvalue weighted by molar-refractivity contribution is -0.129. The summed E-state index contributed by atoms with van der Waals surface area (Å²) >= 11 is 0. The highest BCUT2D eigenvalue weighted by molar-refractivity contribution is 5.88. The first-order chi connectivity index (χ1) is 10.9. The molecule has 0 bridgehead atoms. The van der Waals surface area contributed by atoms with Crippen LogP contribution in [0.25, 0.3) is 0 Å². The monoisotopic (exact) mass is 312 g/mol. The fraction of sp³-hybridized carbons (Fsp3) is 0.600. The van der Waals surface area contributed by atoms with Crippen molar-refractivity contribution in [3.8, 4) is 0 Å². The van der Waals surface area contributed by atoms with Crippen LogP contribution in [0.15, 0.2) is 12.1 Å². The first kappa shape index (κ1) is 14.9. The second kappa shape index (κ2) is 4.93. The third kappa shape index (κ3) is 2.02. The van der Waals surface area contributed by atoms with Gasteiger partial charge in [-0.05, 0) is 85.6 Å². The van der Waals surface area contributed by atoms with Gasteiger partial charge in [-0.15, -0.1) is 0 Å². The van der Waals surface area contributed by atoms with Gasteiger partial charge in [0, 0.05) is 11.8 Å². The van der Waals surface area contributed by atoms with Gasteiger partial charge in [-0.25, -0.2) is 4.79 Å². The fourth-order valence-electron chi connectivity index (χ4n) is 5.87. The predicted molar refractivity (Wildman–Crippen MR) is 87.8 cm³/mol. The molecule has 2 saturated carbocycles. The Labute approximate surface area is 137 Å². The van der Waals surface area contributed by atoms with Crippen LogP contribution in [-0.4, -0.2) is 16.9 Å². The molecule has 0 heterocycles. The molecule has 3 heteroatoms. The SMILES string of the molecule is Cc1cc(C(=O)O)cc2c1[C@H]1CC[C@]3(C)C(=O)CC[C@H]3[C@@H]1CC2. The zero-order valence-corrected chi connectivity index (χ0v) is 13.9. The third-order valence-corrected chi connectivity index (χ3v) is 6.98. The molecule has 2 fully saturated rings. The molecule has 3 aliphatic rings. The van der Waals surface area contributed by atoms with Crippen LogP contribution in [0.2, 0.25) is 0 Å². The van der Waals surface area contributed by atoms with Crippen LogP contribution in [0.3, 0.4) is 0 Å². The Bertz CT molecular complexity index is 705. The molecular weight excluding hydrogens is 288 g/mol. The number of rotatable bonds is 1. The predicted octanol–water partition coefficient (Wildman–Crippen LogP) is 4.12. The van der Waals surface area contributed by atoms with Gasteiger partial charge in [0.05, 0.1) is 5.56 Å². The van der Waals surface area contributed by atoms with E-state index in [1.165, 1.54) is 11.1 Å². The van der Waals surface area contributed by atoms with Gasteiger partial charge in [-0.2, -0.15) is 0 Å². The van der Waals surface area contributed by atoms with Crippen LogP contribution >= 0.6 is 0 Å². The number of carboxylic acids is 1. The summed E-state index contributed by atoms with van der Waals surface area (Å²) in [6.07, 6.45) is 5.94. The first-order valence-corrected chi connectivity index (χ1v) is 8.82. The Hall–Kier alpha value is -1.64. The van der Waals surface area contributed by atoms with Crippen molar-refractivity contribution in [3.05, 3.63) is 34.4 Å². The van der Waals surface area contributed by atoms with Gasteiger partial charge in [-0.1, -0.05) is 6.92 Å². The Morgan fingerprint density at radius 3 is 2.74 bits per heavy atom. The van der Waals surface area contributed by atoms with Gasteiger partial charge >= 0.3 is 5.97 Å². The first-order valence-electron chi connectivity index (χ1n) is 8.82. The summed E-state index contributed by atoms with van der Waals surface area (Å²) < 4.78 is 0. The second-order valence-corrected chi connectivity index (χ2v) is 8.00. The molecule has 0 radical (unpaired) electrons. The van der Waals surface area contributed by atoms with E-state index in [1.807, 2.05) is 12.1 Å². The summed E-state index contributed by atoms with van der Waals surface area (Å²) in [5, 5.41) is 9.29. The zero-order chi connectivity index (χ0) is 16.4. The van der Waals surface area contributed by atoms with E-state index in [4.69, 9.17) is 0 Å². The van der Waals surface area contributed by atoms with Gasteiger partial charge < -0.3 is 5.11 Å². The van der Waals surface area contributed by atoms with Crippen molar-refractivity contribution < 1.29 is 14.7 Å². The summed E-state index contributed by atoms with van der Waals surface area (Å²) in [6.45, 7) is 4.25. The summed E-state index contributed by atoms with van der Waals surface area (Å²) in [6, 6.07) is 3.71. The molecule has 0 aromatic heterocycles. The number of aryl methyl sites for hydroxylation is 2. The quantitative estimate of drug-likeness (QED) is 0.848. The number of Topliss-reactive ketones (excluding diaryl/α,β-unsaturated/α-hetero) is 1. The average Bonchev–Trinajstić information content (AvgIpc) is 2.82. The Kier molecular flexibility index (Phi) is 3.20. The Morgan fingerprint density at radius 2 is 2.00 bits per heavy atom. The van der Waals surface area contributed by atoms with E-state index in [9.17, 15) is 14.7 Å². The fourth-order valence-corrected chi connectivity index (χ4v) is 5.87. The summed E-state index contributed by atoms with van der Waals surface area (Å²) in [5.41, 5.74) is 4.08. The minimum absolute atomic E-state index is 0.0897. The largest absolute Gasteiger partial charge is 0.478 e. The highest BCUT2D eigenvalue weighted by atomic mass is 16.4. The van der Waals surface area contributed by atoms with E-state index >= 15 is 0 Å². The number of hydrogen-bond donors (Lipinski definition) is 1. The smallest absolute Gasteiger partial charge is 0.335 e. The number of ketones is 1. The molecule has 0 saturated heterocycles. The maximum absolute atomic E-state index is 12.4. The molecule has 0 aliphatic heterocycles. The minimum Gasteiger partial charge on any atom is -0.478 e. The van der Waals surface area contributed by atoms with Crippen LogP contribution in [-0.2, 0) is 11.2 Å². The van der Waals surface area contributed by atoms with Crippen molar-refractivity contribution in [3.63, 3.8) is 0 Å². The molecule has 4 atom stereocenters. The van der Waals surface area contributed by atoms with Crippen molar-refractivity contribution in [1.82, 2.24) is 0 Å². The summed E-state index contributed by atoms with van der Waals surface area (Å²) in [4.78, 5) is 23.7. The Morgan fingerprint density at radius 1 is 1.22 bits per heavy atom. The van der Waals surface area contributed by atoms with Crippen LogP contribution in [0.5, 0.6) is 0 Å². The van der Waals surface area contributed by atoms with E-state index in [-0.39, 0.29) is 5.41 Å². The highest BCUT2D eigenvalue weighted by Gasteiger charge is 2.54. The van der Waals surface area contributed by atoms with Crippen LogP contribution in [0, 0.1) is 24.2 Å². The second-order valence-electron chi connectivity index (χ2n) is 8.00. The maximum Gasteiger partial charge on any atom is 0.335 e. The zero-order valence-electron chi connectivity index (χ0n) is 13.9. The van der Waals surface area contributed by atoms with Crippen molar-refractivity contribution in [2.45, 2.75) is 58.3 Å². The molecule has 23 heavy (non-hydrogen) atoms. The average molecular weight is 312 g/mol. The van der Waals surface area contributed by atoms with Crippen molar-refractivity contribution >= 4 is 11.8 Å². The molecule has 1 aromatic rings. The molecular formula is C20H24O3. The molecule has 0 amide bonds. The lowest BCUT2D eigenvalue weighted by Crippen LogP contribution is -2.42. The van der Waals surface area contributed by atoms with Gasteiger partial charge in [0.2, 0.25) is 0 Å². The molecule has 3 nitrogen and oxygen atoms in total. The lowest BCUT2D eigenvalue weighted by Gasteiger charge is -2.48. The van der Waals surface area contributed by atoms with Crippen molar-refractivity contribution in [1.29, 1.82) is 0 Å². The topological polar surface area (TPSA) is 54.4 Å². The lowest BCUT2D eigenvalue weighted by atomic mass is 9.55. The van der Waals surface area contributed by atoms with Crippen molar-refractivity contribution in [2.75, 3.05) is 0 Å². The molecule has 4 rings (SSSR count). The molecule has 122 valence electrons. The number of benzene rings is 1. The van der Waals surface area contributed by atoms with Gasteiger partial charge in [0.1, 0.15) is 5.78 Å². The highest BCUT2D eigenvalue weighted by Crippen LogP contribution is 2.59. The van der Waals surface area contributed by atoms with E-state index in [1.54, 1.807) is 0 Å². The summed E-state index contributed by atoms with van der Waals surface area (Å²) in [7, 11) is 0. The van der Waals surface area contributed by atoms with E-state index in [2.05, 4.69) is 13.8 Å². The number of hydrogen-bond acceptors (Lipinski definition) is 2. The number of carbonyl (C=O) groups is 2. The van der Waals surface area contributed by atoms with Crippen molar-refractivity contribution in [2.24, 2.45) is 17.3 Å². The van der Waals surface area contributed by atoms with E-state index < -0.39 is 5.97 Å². The Balaban J connectivity index is 1.75. The molecule has 0 unspecified atom stereocenters. The van der Waals surface area contributed by atoms with Gasteiger partial charge in [-0.3, -0.25) is 4.79 Å². The van der Waals surface area contributed by atoms with E-state index in [0.29, 0.717) is 29.1 Å².